The molecular formula is C27H23BO2. The van der Waals surface area contributed by atoms with Gasteiger partial charge in [0.2, 0.25) is 0 Å². The molecule has 5 rings (SSSR count). The van der Waals surface area contributed by atoms with E-state index in [2.05, 4.69) is 73.7 Å². The Morgan fingerprint density at radius 2 is 1.57 bits per heavy atom. The molecule has 0 amide bonds. The Morgan fingerprint density at radius 1 is 0.767 bits per heavy atom. The standard InChI is InChI=1S/C27H23BO2/c1-18-13-14-25-22(15-18)16-21-10-6-12-24(20-9-5-11-23(17-20)28(29)30)27(21)26(25)19-7-3-2-4-8-19/h2-15,17,26,29-30H,16H2,1H3. The molecule has 0 aliphatic heterocycles. The van der Waals surface area contributed by atoms with Gasteiger partial charge in [0.1, 0.15) is 0 Å². The van der Waals surface area contributed by atoms with Crippen LogP contribution in [0.5, 0.6) is 0 Å². The number of aryl methyl sites for hydroxylation is 1. The Labute approximate surface area is 177 Å². The Bertz CT molecular complexity index is 1210. The minimum atomic E-state index is -1.47. The quantitative estimate of drug-likeness (QED) is 0.448. The molecule has 146 valence electrons. The predicted octanol–water partition coefficient (Wildman–Crippen LogP) is 4.43. The zero-order valence-corrected chi connectivity index (χ0v) is 16.9. The van der Waals surface area contributed by atoms with Crippen LogP contribution < -0.4 is 5.46 Å². The molecule has 1 unspecified atom stereocenters. The SMILES string of the molecule is Cc1ccc2c(c1)Cc1cccc(-c3cccc(B(O)O)c3)c1C2c1ccccc1. The highest BCUT2D eigenvalue weighted by Crippen LogP contribution is 2.45. The lowest BCUT2D eigenvalue weighted by Gasteiger charge is -2.31. The van der Waals surface area contributed by atoms with Crippen LogP contribution in [0.15, 0.2) is 91.0 Å². The van der Waals surface area contributed by atoms with Crippen LogP contribution in [0, 0.1) is 6.92 Å². The van der Waals surface area contributed by atoms with Crippen molar-refractivity contribution in [3.05, 3.63) is 124 Å². The van der Waals surface area contributed by atoms with Crippen molar-refractivity contribution >= 4 is 12.6 Å². The molecule has 4 aromatic carbocycles. The second-order valence-corrected chi connectivity index (χ2v) is 8.10. The summed E-state index contributed by atoms with van der Waals surface area (Å²) in [6.07, 6.45) is 0.909. The summed E-state index contributed by atoms with van der Waals surface area (Å²) in [4.78, 5) is 0. The first kappa shape index (κ1) is 18.9. The highest BCUT2D eigenvalue weighted by molar-refractivity contribution is 6.58. The van der Waals surface area contributed by atoms with Gasteiger partial charge in [-0.15, -0.1) is 0 Å². The van der Waals surface area contributed by atoms with E-state index >= 15 is 0 Å². The molecule has 0 fully saturated rings. The van der Waals surface area contributed by atoms with Gasteiger partial charge in [-0.1, -0.05) is 96.6 Å². The van der Waals surface area contributed by atoms with Crippen molar-refractivity contribution in [1.29, 1.82) is 0 Å². The minimum absolute atomic E-state index is 0.143. The highest BCUT2D eigenvalue weighted by Gasteiger charge is 2.29. The van der Waals surface area contributed by atoms with Crippen LogP contribution in [-0.4, -0.2) is 17.2 Å². The molecule has 0 spiro atoms. The number of rotatable bonds is 3. The fourth-order valence-electron chi connectivity index (χ4n) is 4.75. The molecule has 0 bridgehead atoms. The van der Waals surface area contributed by atoms with E-state index in [-0.39, 0.29) is 5.92 Å². The lowest BCUT2D eigenvalue weighted by Crippen LogP contribution is -2.29. The zero-order chi connectivity index (χ0) is 20.7. The number of fused-ring (bicyclic) bond motifs is 2. The normalized spacial score (nSPS) is 14.7. The van der Waals surface area contributed by atoms with Gasteiger partial charge in [-0.3, -0.25) is 0 Å². The molecule has 1 aliphatic rings. The van der Waals surface area contributed by atoms with E-state index in [9.17, 15) is 10.0 Å². The third kappa shape index (κ3) is 3.26. The maximum Gasteiger partial charge on any atom is 0.488 e. The van der Waals surface area contributed by atoms with Crippen LogP contribution in [0.25, 0.3) is 11.1 Å². The van der Waals surface area contributed by atoms with Gasteiger partial charge in [0.15, 0.2) is 0 Å². The Balaban J connectivity index is 1.77. The van der Waals surface area contributed by atoms with Crippen molar-refractivity contribution in [2.24, 2.45) is 0 Å². The first-order valence-corrected chi connectivity index (χ1v) is 10.3. The fourth-order valence-corrected chi connectivity index (χ4v) is 4.75. The van der Waals surface area contributed by atoms with Gasteiger partial charge in [0.05, 0.1) is 0 Å². The van der Waals surface area contributed by atoms with Gasteiger partial charge < -0.3 is 10.0 Å². The van der Waals surface area contributed by atoms with Crippen LogP contribution >= 0.6 is 0 Å². The molecule has 0 saturated carbocycles. The van der Waals surface area contributed by atoms with E-state index in [1.54, 1.807) is 6.07 Å². The first-order valence-electron chi connectivity index (χ1n) is 10.3. The van der Waals surface area contributed by atoms with Crippen molar-refractivity contribution in [3.63, 3.8) is 0 Å². The van der Waals surface area contributed by atoms with Crippen molar-refractivity contribution < 1.29 is 10.0 Å². The minimum Gasteiger partial charge on any atom is -0.423 e. The van der Waals surface area contributed by atoms with Crippen molar-refractivity contribution in [3.8, 4) is 11.1 Å². The first-order chi connectivity index (χ1) is 14.6. The number of benzene rings is 4. The molecule has 0 radical (unpaired) electrons. The van der Waals surface area contributed by atoms with Gasteiger partial charge >= 0.3 is 7.12 Å². The topological polar surface area (TPSA) is 40.5 Å². The van der Waals surface area contributed by atoms with E-state index in [1.165, 1.54) is 33.4 Å². The number of hydrogen-bond donors (Lipinski definition) is 2. The van der Waals surface area contributed by atoms with E-state index in [1.807, 2.05) is 18.2 Å². The molecule has 0 heterocycles. The molecule has 4 aromatic rings. The zero-order valence-electron chi connectivity index (χ0n) is 16.9. The van der Waals surface area contributed by atoms with Crippen molar-refractivity contribution in [2.75, 3.05) is 0 Å². The van der Waals surface area contributed by atoms with Crippen molar-refractivity contribution in [2.45, 2.75) is 19.3 Å². The summed E-state index contributed by atoms with van der Waals surface area (Å²) < 4.78 is 0. The lowest BCUT2D eigenvalue weighted by atomic mass is 9.71. The predicted molar refractivity (Wildman–Crippen MR) is 123 cm³/mol. The van der Waals surface area contributed by atoms with E-state index in [4.69, 9.17) is 0 Å². The molecule has 1 aliphatic carbocycles. The van der Waals surface area contributed by atoms with Crippen molar-refractivity contribution in [1.82, 2.24) is 0 Å². The van der Waals surface area contributed by atoms with Gasteiger partial charge in [0, 0.05) is 5.92 Å². The van der Waals surface area contributed by atoms with Gasteiger partial charge in [-0.2, -0.15) is 0 Å². The Kier molecular flexibility index (Phi) is 4.78. The molecule has 30 heavy (non-hydrogen) atoms. The summed E-state index contributed by atoms with van der Waals surface area (Å²) in [7, 11) is -1.47. The molecule has 0 aromatic heterocycles. The Hall–Kier alpha value is -3.14. The third-order valence-corrected chi connectivity index (χ3v) is 6.10. The monoisotopic (exact) mass is 390 g/mol. The molecule has 2 N–H and O–H groups in total. The Morgan fingerprint density at radius 3 is 2.37 bits per heavy atom. The molecule has 2 nitrogen and oxygen atoms in total. The van der Waals surface area contributed by atoms with Gasteiger partial charge in [-0.25, -0.2) is 0 Å². The fraction of sp³-hybridized carbons (Fsp3) is 0.111. The second-order valence-electron chi connectivity index (χ2n) is 8.10. The van der Waals surface area contributed by atoms with Gasteiger partial charge in [-0.05, 0) is 57.8 Å². The summed E-state index contributed by atoms with van der Waals surface area (Å²) in [6.45, 7) is 2.15. The summed E-state index contributed by atoms with van der Waals surface area (Å²) in [5.41, 5.74) is 10.6. The molecule has 0 saturated heterocycles. The van der Waals surface area contributed by atoms with Crippen LogP contribution in [0.4, 0.5) is 0 Å². The summed E-state index contributed by atoms with van der Waals surface area (Å²) in [6, 6.07) is 31.5. The summed E-state index contributed by atoms with van der Waals surface area (Å²) in [5, 5.41) is 19.4. The molecule has 3 heteroatoms. The van der Waals surface area contributed by atoms with E-state index in [0.29, 0.717) is 5.46 Å². The van der Waals surface area contributed by atoms with E-state index in [0.717, 1.165) is 17.5 Å². The molecule has 1 atom stereocenters. The highest BCUT2D eigenvalue weighted by atomic mass is 16.4. The largest absolute Gasteiger partial charge is 0.488 e. The lowest BCUT2D eigenvalue weighted by molar-refractivity contribution is 0.426. The van der Waals surface area contributed by atoms with E-state index < -0.39 is 7.12 Å². The maximum absolute atomic E-state index is 9.68. The van der Waals surface area contributed by atoms with Crippen LogP contribution in [0.3, 0.4) is 0 Å². The third-order valence-electron chi connectivity index (χ3n) is 6.10. The van der Waals surface area contributed by atoms with Crippen LogP contribution in [0.2, 0.25) is 0 Å². The maximum atomic E-state index is 9.68. The number of hydrogen-bond acceptors (Lipinski definition) is 2. The second kappa shape index (κ2) is 7.60. The average molecular weight is 390 g/mol. The summed E-state index contributed by atoms with van der Waals surface area (Å²) in [5.74, 6) is 0.143. The molecular weight excluding hydrogens is 367 g/mol. The van der Waals surface area contributed by atoms with Crippen LogP contribution in [-0.2, 0) is 6.42 Å². The van der Waals surface area contributed by atoms with Gasteiger partial charge in [0.25, 0.3) is 0 Å². The summed E-state index contributed by atoms with van der Waals surface area (Å²) >= 11 is 0. The smallest absolute Gasteiger partial charge is 0.423 e. The average Bonchev–Trinajstić information content (AvgIpc) is 2.77. The van der Waals surface area contributed by atoms with Crippen LogP contribution in [0.1, 0.15) is 39.3 Å².